The summed E-state index contributed by atoms with van der Waals surface area (Å²) in [6.45, 7) is 0. The highest BCUT2D eigenvalue weighted by Crippen LogP contribution is 2.42. The van der Waals surface area contributed by atoms with Gasteiger partial charge in [-0.15, -0.1) is 0 Å². The maximum absolute atomic E-state index is 13.0. The van der Waals surface area contributed by atoms with Gasteiger partial charge in [-0.2, -0.15) is 13.2 Å². The van der Waals surface area contributed by atoms with E-state index in [9.17, 15) is 13.2 Å². The molecule has 1 aliphatic rings. The van der Waals surface area contributed by atoms with Crippen molar-refractivity contribution in [2.24, 2.45) is 7.05 Å². The molecular formula is C25H20F3N7. The van der Waals surface area contributed by atoms with Gasteiger partial charge in [-0.3, -0.25) is 4.98 Å². The zero-order valence-corrected chi connectivity index (χ0v) is 18.6. The maximum Gasteiger partial charge on any atom is 0.434 e. The summed E-state index contributed by atoms with van der Waals surface area (Å²) in [4.78, 5) is 20.8. The van der Waals surface area contributed by atoms with Gasteiger partial charge in [-0.25, -0.2) is 15.0 Å². The first kappa shape index (κ1) is 21.3. The number of fused-ring (bicyclic) bond motifs is 1. The van der Waals surface area contributed by atoms with E-state index in [0.29, 0.717) is 17.3 Å². The predicted molar refractivity (Wildman–Crippen MR) is 126 cm³/mol. The number of hydrogen-bond donors (Lipinski definition) is 2. The van der Waals surface area contributed by atoms with Crippen LogP contribution in [0.1, 0.15) is 30.1 Å². The summed E-state index contributed by atoms with van der Waals surface area (Å²) in [6, 6.07) is 11.0. The van der Waals surface area contributed by atoms with Gasteiger partial charge in [0.15, 0.2) is 11.5 Å². The summed E-state index contributed by atoms with van der Waals surface area (Å²) in [5, 5.41) is 3.33. The van der Waals surface area contributed by atoms with Crippen molar-refractivity contribution in [2.75, 3.05) is 5.32 Å². The van der Waals surface area contributed by atoms with Gasteiger partial charge < -0.3 is 14.9 Å². The maximum atomic E-state index is 13.0. The van der Waals surface area contributed by atoms with Crippen LogP contribution in [0.5, 0.6) is 0 Å². The van der Waals surface area contributed by atoms with E-state index in [1.807, 2.05) is 18.3 Å². The number of aryl methyl sites for hydroxylation is 1. The number of rotatable bonds is 5. The van der Waals surface area contributed by atoms with Crippen molar-refractivity contribution >= 4 is 22.4 Å². The fraction of sp³-hybridized carbons (Fsp3) is 0.200. The van der Waals surface area contributed by atoms with Gasteiger partial charge in [-0.1, -0.05) is 0 Å². The van der Waals surface area contributed by atoms with Crippen LogP contribution in [0, 0.1) is 0 Å². The van der Waals surface area contributed by atoms with Crippen LogP contribution in [0.4, 0.5) is 24.5 Å². The van der Waals surface area contributed by atoms with Crippen LogP contribution < -0.4 is 5.32 Å². The average Bonchev–Trinajstić information content (AvgIpc) is 3.51. The number of nitrogens with zero attached hydrogens (tertiary/aromatic N) is 5. The van der Waals surface area contributed by atoms with Crippen molar-refractivity contribution in [3.05, 3.63) is 72.6 Å². The van der Waals surface area contributed by atoms with Crippen LogP contribution in [0.25, 0.3) is 33.8 Å². The molecule has 35 heavy (non-hydrogen) atoms. The lowest BCUT2D eigenvalue weighted by Gasteiger charge is -2.08. The highest BCUT2D eigenvalue weighted by Gasteiger charge is 2.34. The first-order chi connectivity index (χ1) is 16.9. The van der Waals surface area contributed by atoms with Gasteiger partial charge in [-0.05, 0) is 49.2 Å². The minimum Gasteiger partial charge on any atom is -0.357 e. The summed E-state index contributed by atoms with van der Waals surface area (Å²) < 4.78 is 40.4. The molecule has 1 aromatic carbocycles. The second-order valence-corrected chi connectivity index (χ2v) is 8.63. The molecule has 6 rings (SSSR count). The smallest absolute Gasteiger partial charge is 0.357 e. The molecule has 0 atom stereocenters. The molecule has 0 radical (unpaired) electrons. The van der Waals surface area contributed by atoms with Crippen LogP contribution in [0.2, 0.25) is 0 Å². The van der Waals surface area contributed by atoms with Crippen LogP contribution in [0.15, 0.2) is 61.2 Å². The number of aromatic amines is 1. The molecule has 1 saturated carbocycles. The van der Waals surface area contributed by atoms with Crippen LogP contribution in [0.3, 0.4) is 0 Å². The Morgan fingerprint density at radius 2 is 1.86 bits per heavy atom. The van der Waals surface area contributed by atoms with Crippen LogP contribution >= 0.6 is 0 Å². The zero-order valence-electron chi connectivity index (χ0n) is 18.6. The van der Waals surface area contributed by atoms with E-state index in [2.05, 4.69) is 25.3 Å². The SMILES string of the molecule is Cn1cc(C(F)(F)F)nc1-c1ccc(Nc2c[nH]c3cnc(-c4cccnc4C4CC4)nc23)cc1. The molecule has 176 valence electrons. The van der Waals surface area contributed by atoms with Crippen molar-refractivity contribution in [1.82, 2.24) is 29.5 Å². The Kier molecular flexibility index (Phi) is 4.84. The molecule has 7 nitrogen and oxygen atoms in total. The second kappa shape index (κ2) is 7.93. The summed E-state index contributed by atoms with van der Waals surface area (Å²) in [5.74, 6) is 1.34. The van der Waals surface area contributed by atoms with E-state index in [1.165, 1.54) is 4.57 Å². The molecule has 4 heterocycles. The van der Waals surface area contributed by atoms with Crippen molar-refractivity contribution in [3.63, 3.8) is 0 Å². The lowest BCUT2D eigenvalue weighted by molar-refractivity contribution is -0.140. The van der Waals surface area contributed by atoms with Crippen molar-refractivity contribution in [3.8, 4) is 22.8 Å². The minimum absolute atomic E-state index is 0.247. The lowest BCUT2D eigenvalue weighted by atomic mass is 10.1. The number of imidazole rings is 1. The number of hydrogen-bond acceptors (Lipinski definition) is 5. The van der Waals surface area contributed by atoms with Crippen molar-refractivity contribution < 1.29 is 13.2 Å². The Bertz CT molecular complexity index is 1530. The number of benzene rings is 1. The van der Waals surface area contributed by atoms with Crippen molar-refractivity contribution in [1.29, 1.82) is 0 Å². The summed E-state index contributed by atoms with van der Waals surface area (Å²) in [5.41, 5.74) is 4.72. The third-order valence-electron chi connectivity index (χ3n) is 6.05. The fourth-order valence-electron chi connectivity index (χ4n) is 4.15. The predicted octanol–water partition coefficient (Wildman–Crippen LogP) is 6.06. The summed E-state index contributed by atoms with van der Waals surface area (Å²) >= 11 is 0. The first-order valence-corrected chi connectivity index (χ1v) is 11.1. The number of pyridine rings is 1. The van der Waals surface area contributed by atoms with Gasteiger partial charge in [0.05, 0.1) is 23.1 Å². The zero-order chi connectivity index (χ0) is 24.2. The van der Waals surface area contributed by atoms with Gasteiger partial charge in [0, 0.05) is 48.4 Å². The molecule has 0 unspecified atom stereocenters. The first-order valence-electron chi connectivity index (χ1n) is 11.1. The third-order valence-corrected chi connectivity index (χ3v) is 6.05. The molecule has 0 bridgehead atoms. The Labute approximate surface area is 198 Å². The third kappa shape index (κ3) is 4.01. The number of anilines is 2. The van der Waals surface area contributed by atoms with E-state index in [4.69, 9.17) is 4.98 Å². The Hall–Kier alpha value is -4.21. The Balaban J connectivity index is 1.29. The lowest BCUT2D eigenvalue weighted by Crippen LogP contribution is -2.04. The number of nitrogens with one attached hydrogen (secondary N) is 2. The van der Waals surface area contributed by atoms with Crippen LogP contribution in [-0.2, 0) is 13.2 Å². The van der Waals surface area contributed by atoms with E-state index in [1.54, 1.807) is 43.7 Å². The number of alkyl halides is 3. The largest absolute Gasteiger partial charge is 0.434 e. The number of H-pyrrole nitrogens is 1. The molecule has 10 heteroatoms. The molecule has 2 N–H and O–H groups in total. The topological polar surface area (TPSA) is 84.3 Å². The quantitative estimate of drug-likeness (QED) is 0.323. The van der Waals surface area contributed by atoms with Crippen LogP contribution in [-0.4, -0.2) is 29.5 Å². The average molecular weight is 475 g/mol. The fourth-order valence-corrected chi connectivity index (χ4v) is 4.15. The van der Waals surface area contributed by atoms with Gasteiger partial charge in [0.25, 0.3) is 0 Å². The van der Waals surface area contributed by atoms with Gasteiger partial charge in [0.2, 0.25) is 0 Å². The molecule has 0 amide bonds. The summed E-state index contributed by atoms with van der Waals surface area (Å²) in [6.07, 6.45) is 4.15. The van der Waals surface area contributed by atoms with Gasteiger partial charge >= 0.3 is 6.18 Å². The monoisotopic (exact) mass is 475 g/mol. The standard InChI is InChI=1S/C25H20F3N7/c1-35-13-20(25(26,27)28)33-24(35)15-6-8-16(9-7-15)32-19-12-30-18-11-31-23(34-22(18)19)17-3-2-10-29-21(17)14-4-5-14/h2-3,6-14,30,32H,4-5H2,1H3. The van der Waals surface area contributed by atoms with E-state index in [-0.39, 0.29) is 5.82 Å². The molecule has 0 saturated heterocycles. The molecule has 5 aromatic rings. The molecule has 4 aromatic heterocycles. The van der Waals surface area contributed by atoms with E-state index in [0.717, 1.165) is 52.7 Å². The molecular weight excluding hydrogens is 455 g/mol. The Morgan fingerprint density at radius 3 is 2.57 bits per heavy atom. The van der Waals surface area contributed by atoms with E-state index >= 15 is 0 Å². The van der Waals surface area contributed by atoms with Crippen molar-refractivity contribution in [2.45, 2.75) is 24.9 Å². The molecule has 1 fully saturated rings. The molecule has 0 spiro atoms. The number of halogens is 3. The normalized spacial score (nSPS) is 13.9. The summed E-state index contributed by atoms with van der Waals surface area (Å²) in [7, 11) is 1.55. The molecule has 0 aliphatic heterocycles. The Morgan fingerprint density at radius 1 is 1.06 bits per heavy atom. The highest BCUT2D eigenvalue weighted by molar-refractivity contribution is 5.91. The minimum atomic E-state index is -4.48. The van der Waals surface area contributed by atoms with E-state index < -0.39 is 11.9 Å². The highest BCUT2D eigenvalue weighted by atomic mass is 19.4. The second-order valence-electron chi connectivity index (χ2n) is 8.63. The molecule has 1 aliphatic carbocycles. The number of aromatic nitrogens is 6. The van der Waals surface area contributed by atoms with Gasteiger partial charge in [0.1, 0.15) is 11.3 Å².